The van der Waals surface area contributed by atoms with Crippen molar-refractivity contribution < 1.29 is 58.1 Å². The van der Waals surface area contributed by atoms with E-state index in [0.29, 0.717) is 6.54 Å². The first-order valence-electron chi connectivity index (χ1n) is 21.6. The summed E-state index contributed by atoms with van der Waals surface area (Å²) in [5.74, 6) is -4.26. The Kier molecular flexibility index (Phi) is 16.0. The maximum absolute atomic E-state index is 14.4. The van der Waals surface area contributed by atoms with Crippen LogP contribution in [-0.2, 0) is 49.3 Å². The third-order valence-corrected chi connectivity index (χ3v) is 15.3. The molecule has 4 aliphatic heterocycles. The summed E-state index contributed by atoms with van der Waals surface area (Å²) in [6.45, 7) is 18.1. The number of carbonyl (C=O) groups excluding carboxylic acids is 2. The van der Waals surface area contributed by atoms with Crippen LogP contribution in [0.1, 0.15) is 100 Å². The number of carbonyl (C=O) groups is 2. The highest BCUT2D eigenvalue weighted by molar-refractivity contribution is 8.14. The number of fused-ring (bicyclic) bond motifs is 1. The van der Waals surface area contributed by atoms with Gasteiger partial charge in [0.1, 0.15) is 23.6 Å². The molecule has 4 aliphatic rings. The highest BCUT2D eigenvalue weighted by atomic mass is 32.2. The van der Waals surface area contributed by atoms with Crippen molar-refractivity contribution in [2.75, 3.05) is 21.3 Å². The summed E-state index contributed by atoms with van der Waals surface area (Å²) >= 11 is 1.61. The summed E-state index contributed by atoms with van der Waals surface area (Å²) < 4.78 is 45.4. The molecule has 2 unspecified atom stereocenters. The molecular weight excluding hydrogens is 793 g/mol. The summed E-state index contributed by atoms with van der Waals surface area (Å²) in [5, 5.41) is 35.1. The first-order chi connectivity index (χ1) is 28.1. The number of aliphatic hydroxyl groups is 3. The second kappa shape index (κ2) is 19.7. The second-order valence-corrected chi connectivity index (χ2v) is 19.6. The minimum Gasteiger partial charge on any atom is -0.459 e. The fraction of sp³-hybridized carbons (Fsp3) is 0.800. The fourth-order valence-corrected chi connectivity index (χ4v) is 11.2. The molecule has 1 aromatic carbocycles. The van der Waals surface area contributed by atoms with E-state index in [0.717, 1.165) is 17.2 Å². The lowest BCUT2D eigenvalue weighted by Gasteiger charge is -2.49. The minimum absolute atomic E-state index is 0.0405. The van der Waals surface area contributed by atoms with E-state index in [2.05, 4.69) is 24.1 Å². The molecular formula is C45H72N2O12S. The zero-order chi connectivity index (χ0) is 44.5. The molecule has 0 bridgehead atoms. The number of aliphatic imine (C=N–C) groups is 1. The number of ether oxygens (including phenoxy) is 7. The number of rotatable bonds is 9. The van der Waals surface area contributed by atoms with Gasteiger partial charge in [-0.25, -0.2) is 0 Å². The van der Waals surface area contributed by atoms with Crippen molar-refractivity contribution in [2.45, 2.75) is 185 Å². The molecule has 0 radical (unpaired) electrons. The van der Waals surface area contributed by atoms with Crippen molar-refractivity contribution in [3.05, 3.63) is 35.9 Å². The molecule has 0 saturated carbocycles. The van der Waals surface area contributed by atoms with Crippen molar-refractivity contribution >= 4 is 28.7 Å². The van der Waals surface area contributed by atoms with Crippen molar-refractivity contribution in [3.63, 3.8) is 0 Å². The third kappa shape index (κ3) is 10.1. The van der Waals surface area contributed by atoms with E-state index < -0.39 is 95.6 Å². The van der Waals surface area contributed by atoms with Gasteiger partial charge >= 0.3 is 5.97 Å². The Balaban J connectivity index is 1.59. The maximum Gasteiger partial charge on any atom is 0.311 e. The Hall–Kier alpha value is -2.18. The minimum atomic E-state index is -1.96. The largest absolute Gasteiger partial charge is 0.459 e. The predicted molar refractivity (Wildman–Crippen MR) is 228 cm³/mol. The molecule has 5 rings (SSSR count). The van der Waals surface area contributed by atoms with Crippen LogP contribution in [0.3, 0.4) is 0 Å². The van der Waals surface area contributed by atoms with Crippen molar-refractivity contribution in [1.82, 2.24) is 4.90 Å². The van der Waals surface area contributed by atoms with Gasteiger partial charge in [-0.2, -0.15) is 0 Å². The lowest BCUT2D eigenvalue weighted by atomic mass is 9.74. The number of hydrogen-bond donors (Lipinski definition) is 3. The van der Waals surface area contributed by atoms with Gasteiger partial charge < -0.3 is 53.4 Å². The number of methoxy groups -OCH3 is 2. The van der Waals surface area contributed by atoms with Gasteiger partial charge in [0.2, 0.25) is 0 Å². The second-order valence-electron chi connectivity index (χ2n) is 18.5. The average Bonchev–Trinajstić information content (AvgIpc) is 3.54. The molecule has 15 heteroatoms. The van der Waals surface area contributed by atoms with Crippen LogP contribution in [0.2, 0.25) is 0 Å². The van der Waals surface area contributed by atoms with Crippen molar-refractivity contribution in [3.8, 4) is 0 Å². The van der Waals surface area contributed by atoms with Crippen molar-refractivity contribution in [2.24, 2.45) is 28.7 Å². The predicted octanol–water partition coefficient (Wildman–Crippen LogP) is 5.12. The zero-order valence-corrected chi connectivity index (χ0v) is 38.7. The van der Waals surface area contributed by atoms with Crippen LogP contribution in [-0.4, -0.2) is 142 Å². The summed E-state index contributed by atoms with van der Waals surface area (Å²) in [6.07, 6.45) is -6.75. The standard InChI is InChI=1S/C45H72N2O12S/c1-14-32-45(10,52)37(49)26(4)34(48)24(2)21-44(9,54-13)39(27(5)35(28(6)40(51)57-32)58-33-22-43(8,53-12)38(50)29(7)56-33)59-41-36-31(20-25(3)55-41)47(11)42(60-36)46-23-30-18-16-15-17-19-30/h15-19,24-29,31-33,35-39,41,49-50,52H,14,20-23H2,1-13H3/t24-,25-,26+,27+,28-,29+,31+,32?,33+,35?,36+,37-,38+,39-,41+,43-,44-,45-/m1/s1. The molecule has 0 aromatic heterocycles. The van der Waals surface area contributed by atoms with Crippen LogP contribution in [0, 0.1) is 23.7 Å². The van der Waals surface area contributed by atoms with Gasteiger partial charge in [-0.3, -0.25) is 14.6 Å². The Morgan fingerprint density at radius 3 is 2.17 bits per heavy atom. The highest BCUT2D eigenvalue weighted by Crippen LogP contribution is 2.45. The van der Waals surface area contributed by atoms with Crippen LogP contribution < -0.4 is 0 Å². The molecule has 1 aromatic rings. The van der Waals surface area contributed by atoms with Gasteiger partial charge in [0.05, 0.1) is 65.5 Å². The number of nitrogens with zero attached hydrogens (tertiary/aromatic N) is 2. The topological polar surface area (TPSA) is 175 Å². The van der Waals surface area contributed by atoms with Crippen LogP contribution in [0.5, 0.6) is 0 Å². The Morgan fingerprint density at radius 2 is 1.55 bits per heavy atom. The van der Waals surface area contributed by atoms with E-state index in [1.54, 1.807) is 60.4 Å². The monoisotopic (exact) mass is 864 g/mol. The Labute approximate surface area is 361 Å². The lowest BCUT2D eigenvalue weighted by Crippen LogP contribution is -2.60. The number of ketones is 1. The fourth-order valence-electron chi connectivity index (χ4n) is 9.81. The molecule has 0 amide bonds. The zero-order valence-electron chi connectivity index (χ0n) is 37.9. The summed E-state index contributed by atoms with van der Waals surface area (Å²) in [6, 6.07) is 10.1. The first kappa shape index (κ1) is 48.8. The van der Waals surface area contributed by atoms with E-state index >= 15 is 0 Å². The SMILES string of the molecule is CCC1OC(=O)[C@H](C)C(O[C@H]2C[C@@](C)(OC)[C@@H](O)[C@H](C)O2)[C@H](C)[C@@H](O[C@@H]2O[C@H](C)C[C@H]3[C@@H]2SC(=NCc2ccccc2)N3C)[C@](C)(OC)C[C@@H](C)C(=O)[C@H](C)[C@@H](O)[C@]1(C)O. The van der Waals surface area contributed by atoms with E-state index in [-0.39, 0.29) is 42.4 Å². The number of amidine groups is 1. The van der Waals surface area contributed by atoms with Crippen LogP contribution in [0.15, 0.2) is 35.3 Å². The van der Waals surface area contributed by atoms with E-state index in [9.17, 15) is 24.9 Å². The summed E-state index contributed by atoms with van der Waals surface area (Å²) in [7, 11) is 5.15. The van der Waals surface area contributed by atoms with Gasteiger partial charge in [-0.15, -0.1) is 0 Å². The van der Waals surface area contributed by atoms with Crippen LogP contribution >= 0.6 is 11.8 Å². The van der Waals surface area contributed by atoms with Crippen LogP contribution in [0.25, 0.3) is 0 Å². The average molecular weight is 865 g/mol. The quantitative estimate of drug-likeness (QED) is 0.279. The number of aliphatic hydroxyl groups excluding tert-OH is 2. The maximum atomic E-state index is 14.4. The van der Waals surface area contributed by atoms with Gasteiger partial charge in [-0.05, 0) is 66.4 Å². The van der Waals surface area contributed by atoms with Crippen LogP contribution in [0.4, 0.5) is 0 Å². The molecule has 0 spiro atoms. The molecule has 3 N–H and O–H groups in total. The van der Waals surface area contributed by atoms with Gasteiger partial charge in [0, 0.05) is 45.4 Å². The molecule has 340 valence electrons. The number of cyclic esters (lactones) is 1. The number of Topliss-reactive ketones (excluding diaryl/α,β-unsaturated/α-hetero) is 1. The van der Waals surface area contributed by atoms with Gasteiger partial charge in [-0.1, -0.05) is 69.8 Å². The third-order valence-electron chi connectivity index (χ3n) is 13.9. The number of hydrogen-bond acceptors (Lipinski definition) is 14. The highest BCUT2D eigenvalue weighted by Gasteiger charge is 2.55. The number of thioether (sulfide) groups is 1. The lowest BCUT2D eigenvalue weighted by molar-refractivity contribution is -0.308. The van der Waals surface area contributed by atoms with Gasteiger partial charge in [0.25, 0.3) is 0 Å². The Morgan fingerprint density at radius 1 is 0.900 bits per heavy atom. The number of esters is 1. The molecule has 60 heavy (non-hydrogen) atoms. The molecule has 4 saturated heterocycles. The molecule has 0 aliphatic carbocycles. The molecule has 14 nitrogen and oxygen atoms in total. The molecule has 18 atom stereocenters. The summed E-state index contributed by atoms with van der Waals surface area (Å²) in [5.41, 5.74) is -3.07. The summed E-state index contributed by atoms with van der Waals surface area (Å²) in [4.78, 5) is 35.8. The van der Waals surface area contributed by atoms with Crippen molar-refractivity contribution in [1.29, 1.82) is 0 Å². The van der Waals surface area contributed by atoms with Gasteiger partial charge in [0.15, 0.2) is 17.7 Å². The normalized spacial score (nSPS) is 45.6. The smallest absolute Gasteiger partial charge is 0.311 e. The number of benzene rings is 1. The first-order valence-corrected chi connectivity index (χ1v) is 22.5. The molecule has 4 fully saturated rings. The Bertz CT molecular complexity index is 1640. The van der Waals surface area contributed by atoms with E-state index in [4.69, 9.17) is 38.2 Å². The van der Waals surface area contributed by atoms with E-state index in [1.165, 1.54) is 14.0 Å². The molecule has 4 heterocycles. The van der Waals surface area contributed by atoms with E-state index in [1.807, 2.05) is 39.0 Å².